The highest BCUT2D eigenvalue weighted by molar-refractivity contribution is 4.85. The molecule has 0 amide bonds. The molecular formula is C11H25NO3. The van der Waals surface area contributed by atoms with E-state index in [9.17, 15) is 10.2 Å². The third kappa shape index (κ3) is 6.10. The molecule has 3 N–H and O–H groups in total. The standard InChI is InChI=1S/C11H25NO3/c1-5-11(8-13,9-14)12-6-7-15-10(2,3)4/h12-14H,5-9H2,1-4H3. The van der Waals surface area contributed by atoms with Gasteiger partial charge in [-0.3, -0.25) is 0 Å². The molecule has 0 spiro atoms. The first-order chi connectivity index (χ1) is 6.89. The molecule has 92 valence electrons. The SMILES string of the molecule is CCC(CO)(CO)NCCOC(C)(C)C. The summed E-state index contributed by atoms with van der Waals surface area (Å²) in [5.41, 5.74) is -0.712. The van der Waals surface area contributed by atoms with Crippen LogP contribution in [0.3, 0.4) is 0 Å². The van der Waals surface area contributed by atoms with Gasteiger partial charge in [-0.2, -0.15) is 0 Å². The quantitative estimate of drug-likeness (QED) is 0.546. The minimum absolute atomic E-state index is 0.0600. The van der Waals surface area contributed by atoms with Gasteiger partial charge in [0.1, 0.15) is 0 Å². The van der Waals surface area contributed by atoms with Crippen LogP contribution in [0.2, 0.25) is 0 Å². The molecule has 0 rings (SSSR count). The van der Waals surface area contributed by atoms with E-state index >= 15 is 0 Å². The molecule has 0 heterocycles. The molecule has 0 radical (unpaired) electrons. The van der Waals surface area contributed by atoms with Gasteiger partial charge in [-0.25, -0.2) is 0 Å². The van der Waals surface area contributed by atoms with Crippen molar-refractivity contribution >= 4 is 0 Å². The lowest BCUT2D eigenvalue weighted by atomic mass is 9.99. The zero-order chi connectivity index (χ0) is 11.9. The Balaban J connectivity index is 3.82. The van der Waals surface area contributed by atoms with E-state index in [1.165, 1.54) is 0 Å². The van der Waals surface area contributed by atoms with Gasteiger partial charge in [0.25, 0.3) is 0 Å². The van der Waals surface area contributed by atoms with Crippen molar-refractivity contribution in [2.24, 2.45) is 0 Å². The molecule has 0 atom stereocenters. The highest BCUT2D eigenvalue weighted by Gasteiger charge is 2.25. The molecule has 15 heavy (non-hydrogen) atoms. The molecule has 0 aliphatic rings. The third-order valence-electron chi connectivity index (χ3n) is 2.42. The molecule has 0 fully saturated rings. The normalized spacial score (nSPS) is 13.2. The van der Waals surface area contributed by atoms with Crippen molar-refractivity contribution in [1.82, 2.24) is 5.32 Å². The Kier molecular flexibility index (Phi) is 6.36. The lowest BCUT2D eigenvalue weighted by Crippen LogP contribution is -2.52. The number of ether oxygens (including phenoxy) is 1. The monoisotopic (exact) mass is 219 g/mol. The topological polar surface area (TPSA) is 61.7 Å². The minimum atomic E-state index is -0.568. The molecule has 0 bridgehead atoms. The van der Waals surface area contributed by atoms with E-state index in [1.54, 1.807) is 0 Å². The largest absolute Gasteiger partial charge is 0.394 e. The molecule has 0 aromatic carbocycles. The molecule has 0 aliphatic heterocycles. The number of aliphatic hydroxyl groups is 2. The lowest BCUT2D eigenvalue weighted by Gasteiger charge is -2.30. The van der Waals surface area contributed by atoms with Crippen molar-refractivity contribution in [1.29, 1.82) is 0 Å². The first-order valence-electron chi connectivity index (χ1n) is 5.50. The number of hydrogen-bond acceptors (Lipinski definition) is 4. The van der Waals surface area contributed by atoms with Crippen LogP contribution in [-0.2, 0) is 4.74 Å². The van der Waals surface area contributed by atoms with E-state index in [1.807, 2.05) is 27.7 Å². The van der Waals surface area contributed by atoms with E-state index in [-0.39, 0.29) is 18.8 Å². The average molecular weight is 219 g/mol. The van der Waals surface area contributed by atoms with E-state index in [0.29, 0.717) is 19.6 Å². The molecule has 4 nitrogen and oxygen atoms in total. The highest BCUT2D eigenvalue weighted by Crippen LogP contribution is 2.09. The molecular weight excluding hydrogens is 194 g/mol. The first kappa shape index (κ1) is 14.8. The summed E-state index contributed by atoms with van der Waals surface area (Å²) >= 11 is 0. The zero-order valence-corrected chi connectivity index (χ0v) is 10.3. The Hall–Kier alpha value is -0.160. The van der Waals surface area contributed by atoms with Gasteiger partial charge in [-0.05, 0) is 27.2 Å². The van der Waals surface area contributed by atoms with Crippen molar-refractivity contribution in [3.8, 4) is 0 Å². The summed E-state index contributed by atoms with van der Waals surface area (Å²) in [5.74, 6) is 0. The smallest absolute Gasteiger partial charge is 0.0646 e. The summed E-state index contributed by atoms with van der Waals surface area (Å²) in [7, 11) is 0. The van der Waals surface area contributed by atoms with Gasteiger partial charge in [0.2, 0.25) is 0 Å². The predicted octanol–water partition coefficient (Wildman–Crippen LogP) is 0.524. The van der Waals surface area contributed by atoms with Crippen molar-refractivity contribution in [3.63, 3.8) is 0 Å². The Morgan fingerprint density at radius 1 is 1.13 bits per heavy atom. The van der Waals surface area contributed by atoms with E-state index in [4.69, 9.17) is 4.74 Å². The van der Waals surface area contributed by atoms with Crippen LogP contribution in [0.25, 0.3) is 0 Å². The second-order valence-corrected chi connectivity index (χ2v) is 4.84. The van der Waals surface area contributed by atoms with Gasteiger partial charge < -0.3 is 20.3 Å². The fourth-order valence-electron chi connectivity index (χ4n) is 1.18. The van der Waals surface area contributed by atoms with E-state index in [2.05, 4.69) is 5.32 Å². The molecule has 0 unspecified atom stereocenters. The summed E-state index contributed by atoms with van der Waals surface area (Å²) in [6.07, 6.45) is 0.690. The number of aliphatic hydroxyl groups excluding tert-OH is 2. The first-order valence-corrected chi connectivity index (χ1v) is 5.50. The number of rotatable bonds is 7. The summed E-state index contributed by atoms with van der Waals surface area (Å²) < 4.78 is 5.53. The van der Waals surface area contributed by atoms with Crippen LogP contribution in [0, 0.1) is 0 Å². The summed E-state index contributed by atoms with van der Waals surface area (Å²) in [5, 5.41) is 21.5. The second-order valence-electron chi connectivity index (χ2n) is 4.84. The van der Waals surface area contributed by atoms with Crippen molar-refractivity contribution in [2.45, 2.75) is 45.3 Å². The number of hydrogen-bond donors (Lipinski definition) is 3. The molecule has 4 heteroatoms. The molecule has 0 aliphatic carbocycles. The van der Waals surface area contributed by atoms with Gasteiger partial charge in [0.15, 0.2) is 0 Å². The number of nitrogens with one attached hydrogen (secondary N) is 1. The Labute approximate surface area is 92.6 Å². The minimum Gasteiger partial charge on any atom is -0.394 e. The zero-order valence-electron chi connectivity index (χ0n) is 10.3. The van der Waals surface area contributed by atoms with Gasteiger partial charge in [-0.1, -0.05) is 6.92 Å². The molecule has 0 saturated heterocycles. The van der Waals surface area contributed by atoms with Crippen LogP contribution in [0.15, 0.2) is 0 Å². The molecule has 0 aromatic rings. The fourth-order valence-corrected chi connectivity index (χ4v) is 1.18. The van der Waals surface area contributed by atoms with Gasteiger partial charge >= 0.3 is 0 Å². The van der Waals surface area contributed by atoms with Crippen LogP contribution in [-0.4, -0.2) is 47.7 Å². The summed E-state index contributed by atoms with van der Waals surface area (Å²) in [6, 6.07) is 0. The van der Waals surface area contributed by atoms with Crippen molar-refractivity contribution < 1.29 is 14.9 Å². The molecule has 0 saturated carbocycles. The van der Waals surface area contributed by atoms with Gasteiger partial charge in [-0.15, -0.1) is 0 Å². The van der Waals surface area contributed by atoms with Crippen LogP contribution in [0.5, 0.6) is 0 Å². The lowest BCUT2D eigenvalue weighted by molar-refractivity contribution is -0.00770. The maximum absolute atomic E-state index is 9.17. The van der Waals surface area contributed by atoms with Gasteiger partial charge in [0, 0.05) is 6.54 Å². The summed E-state index contributed by atoms with van der Waals surface area (Å²) in [4.78, 5) is 0. The fraction of sp³-hybridized carbons (Fsp3) is 1.00. The Morgan fingerprint density at radius 2 is 1.67 bits per heavy atom. The van der Waals surface area contributed by atoms with E-state index in [0.717, 1.165) is 0 Å². The van der Waals surface area contributed by atoms with Crippen LogP contribution < -0.4 is 5.32 Å². The van der Waals surface area contributed by atoms with Crippen molar-refractivity contribution in [3.05, 3.63) is 0 Å². The Bertz CT molecular complexity index is 153. The van der Waals surface area contributed by atoms with Crippen molar-refractivity contribution in [2.75, 3.05) is 26.4 Å². The summed E-state index contributed by atoms with van der Waals surface area (Å²) in [6.45, 7) is 9.01. The second kappa shape index (κ2) is 6.43. The predicted molar refractivity (Wildman–Crippen MR) is 60.9 cm³/mol. The Morgan fingerprint density at radius 3 is 2.00 bits per heavy atom. The van der Waals surface area contributed by atoms with E-state index < -0.39 is 5.54 Å². The van der Waals surface area contributed by atoms with Crippen LogP contribution in [0.1, 0.15) is 34.1 Å². The van der Waals surface area contributed by atoms with Crippen LogP contribution >= 0.6 is 0 Å². The maximum Gasteiger partial charge on any atom is 0.0646 e. The third-order valence-corrected chi connectivity index (χ3v) is 2.42. The maximum atomic E-state index is 9.17. The molecule has 0 aromatic heterocycles. The average Bonchev–Trinajstić information content (AvgIpc) is 2.18. The van der Waals surface area contributed by atoms with Crippen LogP contribution in [0.4, 0.5) is 0 Å². The highest BCUT2D eigenvalue weighted by atomic mass is 16.5. The van der Waals surface area contributed by atoms with Gasteiger partial charge in [0.05, 0.1) is 31.0 Å².